The predicted molar refractivity (Wildman–Crippen MR) is 57.1 cm³/mol. The normalized spacial score (nSPS) is 10.5. The van der Waals surface area contributed by atoms with E-state index in [0.717, 1.165) is 9.86 Å². The van der Waals surface area contributed by atoms with Gasteiger partial charge in [0.15, 0.2) is 5.65 Å². The summed E-state index contributed by atoms with van der Waals surface area (Å²) in [7, 11) is -1.49. The van der Waals surface area contributed by atoms with E-state index in [1.54, 1.807) is 12.3 Å². The van der Waals surface area contributed by atoms with Gasteiger partial charge in [0.05, 0.1) is 0 Å². The molecule has 0 fully saturated rings. The zero-order valence-corrected chi connectivity index (χ0v) is 8.64. The Balaban J connectivity index is 2.63. The minimum atomic E-state index is -1.49. The average molecular weight is 253 g/mol. The fourth-order valence-corrected chi connectivity index (χ4v) is 1.50. The molecule has 0 bridgehead atoms. The Hall–Kier alpha value is -0.975. The van der Waals surface area contributed by atoms with Crippen molar-refractivity contribution >= 4 is 39.5 Å². The number of nitrogens with zero attached hydrogens (tertiary/aromatic N) is 2. The second-order valence-electron chi connectivity index (χ2n) is 2.84. The van der Waals surface area contributed by atoms with Gasteiger partial charge in [-0.25, -0.2) is 9.97 Å². The van der Waals surface area contributed by atoms with Crippen LogP contribution in [0.1, 0.15) is 0 Å². The average Bonchev–Trinajstić information content (AvgIpc) is 2.16. The van der Waals surface area contributed by atoms with E-state index >= 15 is 0 Å². The van der Waals surface area contributed by atoms with Crippen molar-refractivity contribution < 1.29 is 10.0 Å². The van der Waals surface area contributed by atoms with E-state index in [9.17, 15) is 0 Å². The minimum absolute atomic E-state index is 0.359. The van der Waals surface area contributed by atoms with Gasteiger partial charge in [0.25, 0.3) is 0 Å². The Labute approximate surface area is 88.9 Å². The smallest absolute Gasteiger partial charge is 0.423 e. The SMILES string of the molecule is OB(O)c1cnc2ncc(Br)cc2c1. The molecule has 4 nitrogen and oxygen atoms in total. The van der Waals surface area contributed by atoms with Gasteiger partial charge in [0.2, 0.25) is 0 Å². The standard InChI is InChI=1S/C8H6BBrN2O2/c10-7-2-5-1-6(9(13)14)3-11-8(5)12-4-7/h1-4,13-14H. The van der Waals surface area contributed by atoms with E-state index in [2.05, 4.69) is 25.9 Å². The number of hydrogen-bond acceptors (Lipinski definition) is 4. The fraction of sp³-hybridized carbons (Fsp3) is 0. The lowest BCUT2D eigenvalue weighted by Gasteiger charge is -2.01. The molecule has 0 radical (unpaired) electrons. The lowest BCUT2D eigenvalue weighted by Crippen LogP contribution is -2.30. The van der Waals surface area contributed by atoms with Crippen LogP contribution in [0.5, 0.6) is 0 Å². The topological polar surface area (TPSA) is 66.2 Å². The van der Waals surface area contributed by atoms with E-state index in [1.165, 1.54) is 6.20 Å². The van der Waals surface area contributed by atoms with Gasteiger partial charge in [-0.3, -0.25) is 0 Å². The molecule has 70 valence electrons. The Morgan fingerprint density at radius 3 is 2.57 bits per heavy atom. The van der Waals surface area contributed by atoms with Gasteiger partial charge in [-0.05, 0) is 28.1 Å². The Morgan fingerprint density at radius 1 is 1.14 bits per heavy atom. The van der Waals surface area contributed by atoms with Crippen LogP contribution in [0.2, 0.25) is 0 Å². The number of rotatable bonds is 1. The molecule has 2 aromatic heterocycles. The zero-order chi connectivity index (χ0) is 10.1. The summed E-state index contributed by atoms with van der Waals surface area (Å²) in [5, 5.41) is 18.6. The first kappa shape index (κ1) is 9.58. The lowest BCUT2D eigenvalue weighted by molar-refractivity contribution is 0.425. The van der Waals surface area contributed by atoms with Crippen molar-refractivity contribution in [3.05, 3.63) is 29.0 Å². The zero-order valence-electron chi connectivity index (χ0n) is 7.05. The third-order valence-electron chi connectivity index (χ3n) is 1.82. The molecule has 0 saturated heterocycles. The summed E-state index contributed by atoms with van der Waals surface area (Å²) in [4.78, 5) is 8.05. The molecule has 2 heterocycles. The summed E-state index contributed by atoms with van der Waals surface area (Å²) in [5.41, 5.74) is 0.940. The van der Waals surface area contributed by atoms with Gasteiger partial charge in [-0.15, -0.1) is 0 Å². The molecule has 0 aliphatic carbocycles. The molecule has 0 spiro atoms. The molecule has 2 N–H and O–H groups in total. The van der Waals surface area contributed by atoms with Crippen LogP contribution >= 0.6 is 15.9 Å². The lowest BCUT2D eigenvalue weighted by atomic mass is 9.81. The molecule has 2 aromatic rings. The van der Waals surface area contributed by atoms with Crippen LogP contribution in [0.25, 0.3) is 11.0 Å². The van der Waals surface area contributed by atoms with Gasteiger partial charge in [0, 0.05) is 27.7 Å². The van der Waals surface area contributed by atoms with Gasteiger partial charge >= 0.3 is 7.12 Å². The summed E-state index contributed by atoms with van der Waals surface area (Å²) in [6, 6.07) is 3.46. The van der Waals surface area contributed by atoms with E-state index in [4.69, 9.17) is 10.0 Å². The Kier molecular flexibility index (Phi) is 2.49. The van der Waals surface area contributed by atoms with Crippen molar-refractivity contribution in [3.63, 3.8) is 0 Å². The summed E-state index contributed by atoms with van der Waals surface area (Å²) in [6.07, 6.45) is 3.04. The van der Waals surface area contributed by atoms with E-state index in [1.807, 2.05) is 6.07 Å². The maximum atomic E-state index is 8.94. The van der Waals surface area contributed by atoms with Crippen LogP contribution in [-0.2, 0) is 0 Å². The second-order valence-corrected chi connectivity index (χ2v) is 3.76. The predicted octanol–water partition coefficient (Wildman–Crippen LogP) is 0.0721. The summed E-state index contributed by atoms with van der Waals surface area (Å²) in [5.74, 6) is 0. The highest BCUT2D eigenvalue weighted by Crippen LogP contribution is 2.13. The van der Waals surface area contributed by atoms with E-state index < -0.39 is 7.12 Å². The van der Waals surface area contributed by atoms with Gasteiger partial charge in [-0.1, -0.05) is 0 Å². The number of hydrogen-bond donors (Lipinski definition) is 2. The van der Waals surface area contributed by atoms with Crippen molar-refractivity contribution in [2.24, 2.45) is 0 Å². The van der Waals surface area contributed by atoms with Crippen LogP contribution in [0.4, 0.5) is 0 Å². The summed E-state index contributed by atoms with van der Waals surface area (Å²) >= 11 is 3.28. The second kappa shape index (κ2) is 3.64. The highest BCUT2D eigenvalue weighted by Gasteiger charge is 2.11. The van der Waals surface area contributed by atoms with Crippen molar-refractivity contribution in [1.82, 2.24) is 9.97 Å². The van der Waals surface area contributed by atoms with Crippen molar-refractivity contribution in [2.75, 3.05) is 0 Å². The number of halogens is 1. The van der Waals surface area contributed by atoms with Crippen molar-refractivity contribution in [1.29, 1.82) is 0 Å². The molecule has 0 unspecified atom stereocenters. The molecule has 0 aliphatic rings. The van der Waals surface area contributed by atoms with Crippen molar-refractivity contribution in [3.8, 4) is 0 Å². The number of fused-ring (bicyclic) bond motifs is 1. The first-order chi connectivity index (χ1) is 6.66. The van der Waals surface area contributed by atoms with Gasteiger partial charge in [-0.2, -0.15) is 0 Å². The first-order valence-corrected chi connectivity index (χ1v) is 4.73. The van der Waals surface area contributed by atoms with Crippen LogP contribution in [-0.4, -0.2) is 27.1 Å². The Bertz CT molecular complexity index is 478. The number of pyridine rings is 2. The maximum Gasteiger partial charge on any atom is 0.490 e. The fourth-order valence-electron chi connectivity index (χ4n) is 1.16. The Morgan fingerprint density at radius 2 is 1.86 bits per heavy atom. The molecule has 14 heavy (non-hydrogen) atoms. The molecule has 6 heteroatoms. The highest BCUT2D eigenvalue weighted by molar-refractivity contribution is 9.10. The molecule has 0 atom stereocenters. The van der Waals surface area contributed by atoms with Crippen LogP contribution in [0.3, 0.4) is 0 Å². The molecular weight excluding hydrogens is 247 g/mol. The monoisotopic (exact) mass is 252 g/mol. The van der Waals surface area contributed by atoms with Crippen LogP contribution < -0.4 is 5.46 Å². The van der Waals surface area contributed by atoms with E-state index in [0.29, 0.717) is 11.1 Å². The van der Waals surface area contributed by atoms with Gasteiger partial charge in [0.1, 0.15) is 0 Å². The van der Waals surface area contributed by atoms with Gasteiger partial charge < -0.3 is 10.0 Å². The summed E-state index contributed by atoms with van der Waals surface area (Å²) < 4.78 is 0.830. The van der Waals surface area contributed by atoms with Crippen LogP contribution in [0, 0.1) is 0 Å². The molecule has 0 aromatic carbocycles. The number of aromatic nitrogens is 2. The molecule has 2 rings (SSSR count). The maximum absolute atomic E-state index is 8.94. The summed E-state index contributed by atoms with van der Waals surface area (Å²) in [6.45, 7) is 0. The molecule has 0 aliphatic heterocycles. The molecule has 0 saturated carbocycles. The van der Waals surface area contributed by atoms with Crippen LogP contribution in [0.15, 0.2) is 29.0 Å². The third kappa shape index (κ3) is 1.77. The molecular formula is C8H6BBrN2O2. The highest BCUT2D eigenvalue weighted by atomic mass is 79.9. The first-order valence-electron chi connectivity index (χ1n) is 3.94. The quantitative estimate of drug-likeness (QED) is 0.706. The van der Waals surface area contributed by atoms with Crippen molar-refractivity contribution in [2.45, 2.75) is 0 Å². The third-order valence-corrected chi connectivity index (χ3v) is 2.25. The minimum Gasteiger partial charge on any atom is -0.423 e. The van der Waals surface area contributed by atoms with E-state index in [-0.39, 0.29) is 0 Å². The largest absolute Gasteiger partial charge is 0.490 e. The molecule has 0 amide bonds.